The summed E-state index contributed by atoms with van der Waals surface area (Å²) in [4.78, 5) is 9.65. The number of rotatable bonds is 7. The fourth-order valence-electron chi connectivity index (χ4n) is 1.29. The molecule has 33 heavy (non-hydrogen) atoms. The van der Waals surface area contributed by atoms with Gasteiger partial charge in [0.25, 0.3) is 0 Å². The average molecular weight is 537 g/mol. The van der Waals surface area contributed by atoms with Crippen molar-refractivity contribution in [3.8, 4) is 0 Å². The molecule has 0 radical (unpaired) electrons. The molecule has 200 valence electrons. The summed E-state index contributed by atoms with van der Waals surface area (Å²) in [6.07, 6.45) is -7.84. The van der Waals surface area contributed by atoms with Crippen molar-refractivity contribution in [3.05, 3.63) is 0 Å². The van der Waals surface area contributed by atoms with E-state index >= 15 is 0 Å². The number of halogens is 17. The maximum Gasteiger partial charge on any atom is 0.460 e. The third kappa shape index (κ3) is 5.33. The zero-order chi connectivity index (χ0) is 28.1. The van der Waals surface area contributed by atoms with Crippen molar-refractivity contribution in [2.45, 2.75) is 47.6 Å². The minimum Gasteiger partial charge on any atom is -0.544 e. The van der Waals surface area contributed by atoms with Crippen molar-refractivity contribution in [1.29, 1.82) is 0 Å². The number of quaternary nitrogens is 1. The zero-order valence-corrected chi connectivity index (χ0v) is 16.2. The molecule has 0 aromatic carbocycles. The summed E-state index contributed by atoms with van der Waals surface area (Å²) >= 11 is 0. The molecule has 20 heteroatoms. The number of carboxylic acid groups (broad SMARTS) is 1. The van der Waals surface area contributed by atoms with E-state index in [1.54, 1.807) is 0 Å². The van der Waals surface area contributed by atoms with Gasteiger partial charge >= 0.3 is 47.6 Å². The Morgan fingerprint density at radius 1 is 0.485 bits per heavy atom. The number of hydrogen-bond donors (Lipinski definition) is 0. The van der Waals surface area contributed by atoms with Gasteiger partial charge in [-0.05, 0) is 0 Å². The highest BCUT2D eigenvalue weighted by molar-refractivity contribution is 5.75. The summed E-state index contributed by atoms with van der Waals surface area (Å²) in [5.41, 5.74) is 0. The Morgan fingerprint density at radius 2 is 0.667 bits per heavy atom. The second kappa shape index (κ2) is 8.47. The fourth-order valence-corrected chi connectivity index (χ4v) is 1.29. The van der Waals surface area contributed by atoms with Crippen LogP contribution in [0.15, 0.2) is 0 Å². The van der Waals surface area contributed by atoms with E-state index in [1.165, 1.54) is 0 Å². The van der Waals surface area contributed by atoms with E-state index in [0.717, 1.165) is 4.48 Å². The Bertz CT molecular complexity index is 699. The van der Waals surface area contributed by atoms with E-state index in [9.17, 15) is 84.5 Å². The van der Waals surface area contributed by atoms with Gasteiger partial charge in [0.2, 0.25) is 0 Å². The maximum absolute atomic E-state index is 13.0. The maximum atomic E-state index is 13.0. The van der Waals surface area contributed by atoms with E-state index in [-0.39, 0.29) is 0 Å². The van der Waals surface area contributed by atoms with Crippen LogP contribution >= 0.6 is 0 Å². The Labute approximate surface area is 172 Å². The van der Waals surface area contributed by atoms with Crippen LogP contribution in [0, 0.1) is 0 Å². The molecule has 0 bridgehead atoms. The number of nitrogens with zero attached hydrogens (tertiary/aromatic N) is 1. The van der Waals surface area contributed by atoms with Crippen LogP contribution in [0.3, 0.4) is 0 Å². The molecule has 3 nitrogen and oxygen atoms in total. The predicted octanol–water partition coefficient (Wildman–Crippen LogP) is 4.07. The van der Waals surface area contributed by atoms with Gasteiger partial charge in [-0.3, -0.25) is 0 Å². The molecule has 0 N–H and O–H groups in total. The summed E-state index contributed by atoms with van der Waals surface area (Å²) in [7, 11) is 8.50. The van der Waals surface area contributed by atoms with Crippen LogP contribution in [0.25, 0.3) is 0 Å². The number of aliphatic carboxylic acids is 1. The van der Waals surface area contributed by atoms with Crippen LogP contribution in [-0.4, -0.2) is 86.3 Å². The SMILES string of the molecule is C[N+](C)(C)C.O=C([O-])C(F)(F)C(F)(F)C(F)(F)C(F)(F)C(F)(F)C(F)(F)C(F)(F)C(F)(F)F. The molecule has 0 rings (SSSR count). The van der Waals surface area contributed by atoms with Gasteiger partial charge < -0.3 is 14.4 Å². The average Bonchev–Trinajstić information content (AvgIpc) is 2.50. The molecule has 0 aliphatic rings. The summed E-state index contributed by atoms with van der Waals surface area (Å²) in [5, 5.41) is 9.65. The Hall–Kier alpha value is -1.76. The van der Waals surface area contributed by atoms with Crippen molar-refractivity contribution < 1.29 is 89.0 Å². The monoisotopic (exact) mass is 537 g/mol. The van der Waals surface area contributed by atoms with Crippen molar-refractivity contribution in [2.75, 3.05) is 28.2 Å². The van der Waals surface area contributed by atoms with Crippen LogP contribution in [0.1, 0.15) is 0 Å². The third-order valence-corrected chi connectivity index (χ3v) is 2.98. The van der Waals surface area contributed by atoms with E-state index in [2.05, 4.69) is 28.2 Å². The van der Waals surface area contributed by atoms with Gasteiger partial charge in [-0.25, -0.2) is 0 Å². The van der Waals surface area contributed by atoms with E-state index in [4.69, 9.17) is 0 Å². The van der Waals surface area contributed by atoms with Gasteiger partial charge in [0.1, 0.15) is 5.97 Å². The first-order valence-electron chi connectivity index (χ1n) is 7.41. The molecular weight excluding hydrogens is 525 g/mol. The highest BCUT2D eigenvalue weighted by atomic mass is 19.4. The Balaban J connectivity index is 0. The molecule has 0 atom stereocenters. The smallest absolute Gasteiger partial charge is 0.460 e. The van der Waals surface area contributed by atoms with Crippen molar-refractivity contribution in [1.82, 2.24) is 0 Å². The first-order valence-corrected chi connectivity index (χ1v) is 7.41. The predicted molar refractivity (Wildman–Crippen MR) is 69.6 cm³/mol. The topological polar surface area (TPSA) is 40.1 Å². The standard InChI is InChI=1S/C9HF17O2.C4H12N/c10-2(11,1(27)28)3(12,13)4(14,15)5(16,17)6(18,19)7(20,21)8(22,23)9(24,25)26;1-5(2,3)4/h(H,27,28);1-4H3/q;+1/p-1. The van der Waals surface area contributed by atoms with Crippen molar-refractivity contribution in [2.24, 2.45) is 0 Å². The van der Waals surface area contributed by atoms with E-state index in [0.29, 0.717) is 0 Å². The lowest BCUT2D eigenvalue weighted by molar-refractivity contribution is -0.849. The number of carboxylic acids is 1. The molecule has 0 saturated carbocycles. The second-order valence-electron chi connectivity index (χ2n) is 7.49. The van der Waals surface area contributed by atoms with Crippen LogP contribution in [0.4, 0.5) is 74.6 Å². The van der Waals surface area contributed by atoms with Gasteiger partial charge in [0.05, 0.1) is 28.2 Å². The highest BCUT2D eigenvalue weighted by Crippen LogP contribution is 2.63. The highest BCUT2D eigenvalue weighted by Gasteiger charge is 2.95. The molecule has 0 aromatic rings. The number of carbonyl (C=O) groups excluding carboxylic acids is 1. The number of carbonyl (C=O) groups is 1. The molecule has 0 aliphatic heterocycles. The van der Waals surface area contributed by atoms with Crippen LogP contribution in [0.5, 0.6) is 0 Å². The van der Waals surface area contributed by atoms with Gasteiger partial charge in [-0.1, -0.05) is 0 Å². The van der Waals surface area contributed by atoms with Gasteiger partial charge in [0.15, 0.2) is 0 Å². The van der Waals surface area contributed by atoms with Crippen molar-refractivity contribution >= 4 is 5.97 Å². The second-order valence-corrected chi connectivity index (χ2v) is 7.49. The van der Waals surface area contributed by atoms with Gasteiger partial charge in [-0.2, -0.15) is 74.6 Å². The first-order chi connectivity index (χ1) is 13.7. The molecule has 0 spiro atoms. The third-order valence-electron chi connectivity index (χ3n) is 2.98. The minimum atomic E-state index is -8.79. The molecule has 0 amide bonds. The Morgan fingerprint density at radius 3 is 0.848 bits per heavy atom. The Kier molecular flexibility index (Phi) is 8.58. The summed E-state index contributed by atoms with van der Waals surface area (Å²) in [6.45, 7) is 0. The van der Waals surface area contributed by atoms with Crippen molar-refractivity contribution in [3.63, 3.8) is 0 Å². The largest absolute Gasteiger partial charge is 0.544 e. The molecule has 0 saturated heterocycles. The molecule has 0 aromatic heterocycles. The summed E-state index contributed by atoms with van der Waals surface area (Å²) < 4.78 is 215. The molecule has 0 aliphatic carbocycles. The summed E-state index contributed by atoms with van der Waals surface area (Å²) in [6, 6.07) is 0. The van der Waals surface area contributed by atoms with E-state index in [1.807, 2.05) is 0 Å². The molecule has 0 fully saturated rings. The normalized spacial score (nSPS) is 15.7. The van der Waals surface area contributed by atoms with Gasteiger partial charge in [-0.15, -0.1) is 0 Å². The number of hydrogen-bond acceptors (Lipinski definition) is 2. The van der Waals surface area contributed by atoms with Crippen LogP contribution in [-0.2, 0) is 4.79 Å². The van der Waals surface area contributed by atoms with E-state index < -0.39 is 53.6 Å². The van der Waals surface area contributed by atoms with Crippen LogP contribution < -0.4 is 5.11 Å². The molecule has 0 unspecified atom stereocenters. The summed E-state index contributed by atoms with van der Waals surface area (Å²) in [5.74, 6) is -63.5. The number of alkyl halides is 17. The minimum absolute atomic E-state index is 1.00. The quantitative estimate of drug-likeness (QED) is 0.363. The fraction of sp³-hybridized carbons (Fsp3) is 0.923. The first kappa shape index (κ1) is 33.4. The van der Waals surface area contributed by atoms with Crippen LogP contribution in [0.2, 0.25) is 0 Å². The lowest BCUT2D eigenvalue weighted by Crippen LogP contribution is -2.75. The zero-order valence-electron chi connectivity index (χ0n) is 16.2. The lowest BCUT2D eigenvalue weighted by atomic mass is 9.89. The molecule has 0 heterocycles. The lowest BCUT2D eigenvalue weighted by Gasteiger charge is -2.42. The van der Waals surface area contributed by atoms with Gasteiger partial charge in [0, 0.05) is 0 Å². The molecular formula is C13H12F17NO2.